The third-order valence-corrected chi connectivity index (χ3v) is 4.42. The number of nitrogens with zero attached hydrogens (tertiary/aromatic N) is 1. The fourth-order valence-electron chi connectivity index (χ4n) is 2.32. The maximum Gasteiger partial charge on any atom is 0.0708 e. The van der Waals surface area contributed by atoms with Gasteiger partial charge in [0.15, 0.2) is 0 Å². The molecular weight excluding hydrogens is 264 g/mol. The van der Waals surface area contributed by atoms with Gasteiger partial charge in [0, 0.05) is 33.4 Å². The standard InChI is InChI=1S/C17H18N2S/c1-2-10-18-12-13-8-9-17(20-13)15-5-3-7-16-14(15)6-4-11-19-16/h3-9,11,18H,2,10,12H2,1H3. The average molecular weight is 282 g/mol. The molecule has 0 fully saturated rings. The maximum absolute atomic E-state index is 4.43. The van der Waals surface area contributed by atoms with Gasteiger partial charge in [0.25, 0.3) is 0 Å². The van der Waals surface area contributed by atoms with Crippen molar-refractivity contribution >= 4 is 22.2 Å². The fourth-order valence-corrected chi connectivity index (χ4v) is 3.34. The van der Waals surface area contributed by atoms with Crippen molar-refractivity contribution in [3.8, 4) is 10.4 Å². The summed E-state index contributed by atoms with van der Waals surface area (Å²) in [6.45, 7) is 4.23. The molecule has 20 heavy (non-hydrogen) atoms. The van der Waals surface area contributed by atoms with Gasteiger partial charge in [0.05, 0.1) is 5.52 Å². The Hall–Kier alpha value is -1.71. The van der Waals surface area contributed by atoms with E-state index < -0.39 is 0 Å². The predicted molar refractivity (Wildman–Crippen MR) is 87.1 cm³/mol. The van der Waals surface area contributed by atoms with Gasteiger partial charge in [0.1, 0.15) is 0 Å². The average Bonchev–Trinajstić information content (AvgIpc) is 2.96. The molecule has 1 aromatic carbocycles. The molecule has 1 N–H and O–H groups in total. The molecule has 0 saturated heterocycles. The third-order valence-electron chi connectivity index (χ3n) is 3.30. The Bertz CT molecular complexity index is 698. The molecule has 102 valence electrons. The summed E-state index contributed by atoms with van der Waals surface area (Å²) in [6.07, 6.45) is 3.02. The summed E-state index contributed by atoms with van der Waals surface area (Å²) in [7, 11) is 0. The number of nitrogens with one attached hydrogen (secondary N) is 1. The third kappa shape index (κ3) is 2.74. The zero-order valence-corrected chi connectivity index (χ0v) is 12.4. The molecule has 2 heterocycles. The molecule has 0 bridgehead atoms. The topological polar surface area (TPSA) is 24.9 Å². The second-order valence-corrected chi connectivity index (χ2v) is 5.99. The van der Waals surface area contributed by atoms with Crippen molar-refractivity contribution < 1.29 is 0 Å². The minimum absolute atomic E-state index is 0.960. The van der Waals surface area contributed by atoms with E-state index in [4.69, 9.17) is 0 Å². The van der Waals surface area contributed by atoms with E-state index in [0.717, 1.165) is 18.6 Å². The Labute approximate surface area is 123 Å². The van der Waals surface area contributed by atoms with Crippen LogP contribution in [0.5, 0.6) is 0 Å². The molecule has 0 unspecified atom stereocenters. The second kappa shape index (κ2) is 6.16. The first-order valence-electron chi connectivity index (χ1n) is 7.02. The summed E-state index contributed by atoms with van der Waals surface area (Å²) >= 11 is 1.86. The van der Waals surface area contributed by atoms with Crippen molar-refractivity contribution in [3.05, 3.63) is 53.5 Å². The van der Waals surface area contributed by atoms with Gasteiger partial charge < -0.3 is 5.32 Å². The number of thiophene rings is 1. The van der Waals surface area contributed by atoms with E-state index in [1.807, 2.05) is 23.6 Å². The highest BCUT2D eigenvalue weighted by Gasteiger charge is 2.06. The summed E-state index contributed by atoms with van der Waals surface area (Å²) < 4.78 is 0. The van der Waals surface area contributed by atoms with Gasteiger partial charge in [-0.1, -0.05) is 25.1 Å². The van der Waals surface area contributed by atoms with Crippen molar-refractivity contribution in [2.24, 2.45) is 0 Å². The van der Waals surface area contributed by atoms with Gasteiger partial charge in [-0.15, -0.1) is 11.3 Å². The van der Waals surface area contributed by atoms with Gasteiger partial charge in [-0.2, -0.15) is 0 Å². The lowest BCUT2D eigenvalue weighted by atomic mass is 10.1. The van der Waals surface area contributed by atoms with Crippen LogP contribution < -0.4 is 5.32 Å². The number of hydrogen-bond donors (Lipinski definition) is 1. The molecule has 3 rings (SSSR count). The first-order valence-corrected chi connectivity index (χ1v) is 7.83. The summed E-state index contributed by atoms with van der Waals surface area (Å²) in [5.41, 5.74) is 2.34. The summed E-state index contributed by atoms with van der Waals surface area (Å²) in [5, 5.41) is 4.68. The first kappa shape index (κ1) is 13.3. The number of aromatic nitrogens is 1. The highest BCUT2D eigenvalue weighted by molar-refractivity contribution is 7.15. The molecule has 0 aliphatic rings. The number of pyridine rings is 1. The largest absolute Gasteiger partial charge is 0.312 e. The first-order chi connectivity index (χ1) is 9.88. The van der Waals surface area contributed by atoms with E-state index in [0.29, 0.717) is 0 Å². The monoisotopic (exact) mass is 282 g/mol. The molecule has 3 aromatic rings. The molecule has 0 atom stereocenters. The van der Waals surface area contributed by atoms with Gasteiger partial charge in [0.2, 0.25) is 0 Å². The van der Waals surface area contributed by atoms with Crippen LogP contribution in [0.4, 0.5) is 0 Å². The molecule has 2 aromatic heterocycles. The van der Waals surface area contributed by atoms with Crippen LogP contribution in [-0.4, -0.2) is 11.5 Å². The summed E-state index contributed by atoms with van der Waals surface area (Å²) in [5.74, 6) is 0. The fraction of sp³-hybridized carbons (Fsp3) is 0.235. The van der Waals surface area contributed by atoms with E-state index in [1.54, 1.807) is 0 Å². The van der Waals surface area contributed by atoms with Crippen LogP contribution in [0.25, 0.3) is 21.3 Å². The van der Waals surface area contributed by atoms with Crippen molar-refractivity contribution in [3.63, 3.8) is 0 Å². The molecule has 3 heteroatoms. The minimum atomic E-state index is 0.960. The quantitative estimate of drug-likeness (QED) is 0.699. The molecule has 0 aliphatic carbocycles. The summed E-state index contributed by atoms with van der Waals surface area (Å²) in [4.78, 5) is 7.13. The molecule has 0 aliphatic heterocycles. The van der Waals surface area contributed by atoms with E-state index in [1.165, 1.54) is 27.1 Å². The van der Waals surface area contributed by atoms with Crippen LogP contribution in [-0.2, 0) is 6.54 Å². The van der Waals surface area contributed by atoms with E-state index in [2.05, 4.69) is 53.6 Å². The number of benzene rings is 1. The highest BCUT2D eigenvalue weighted by Crippen LogP contribution is 2.32. The smallest absolute Gasteiger partial charge is 0.0708 e. The normalized spacial score (nSPS) is 11.1. The Morgan fingerprint density at radius 1 is 1.10 bits per heavy atom. The van der Waals surface area contributed by atoms with Crippen molar-refractivity contribution in [1.29, 1.82) is 0 Å². The Balaban J connectivity index is 1.91. The molecule has 0 saturated carbocycles. The lowest BCUT2D eigenvalue weighted by Gasteiger charge is -2.03. The van der Waals surface area contributed by atoms with Gasteiger partial charge in [-0.25, -0.2) is 0 Å². The molecule has 0 amide bonds. The van der Waals surface area contributed by atoms with Crippen molar-refractivity contribution in [2.75, 3.05) is 6.54 Å². The van der Waals surface area contributed by atoms with Crippen molar-refractivity contribution in [1.82, 2.24) is 10.3 Å². The molecule has 0 radical (unpaired) electrons. The van der Waals surface area contributed by atoms with Crippen LogP contribution in [0.3, 0.4) is 0 Å². The van der Waals surface area contributed by atoms with Crippen LogP contribution >= 0.6 is 11.3 Å². The Morgan fingerprint density at radius 3 is 2.95 bits per heavy atom. The minimum Gasteiger partial charge on any atom is -0.312 e. The highest BCUT2D eigenvalue weighted by atomic mass is 32.1. The number of hydrogen-bond acceptors (Lipinski definition) is 3. The molecule has 0 spiro atoms. The van der Waals surface area contributed by atoms with Crippen molar-refractivity contribution in [2.45, 2.75) is 19.9 Å². The van der Waals surface area contributed by atoms with E-state index in [9.17, 15) is 0 Å². The molecular formula is C17H18N2S. The lowest BCUT2D eigenvalue weighted by molar-refractivity contribution is 0.681. The van der Waals surface area contributed by atoms with Crippen LogP contribution in [0.2, 0.25) is 0 Å². The SMILES string of the molecule is CCCNCc1ccc(-c2cccc3ncccc23)s1. The predicted octanol–water partition coefficient (Wildman–Crippen LogP) is 4.46. The van der Waals surface area contributed by atoms with Crippen LogP contribution in [0.1, 0.15) is 18.2 Å². The number of rotatable bonds is 5. The maximum atomic E-state index is 4.43. The Morgan fingerprint density at radius 2 is 2.05 bits per heavy atom. The van der Waals surface area contributed by atoms with Crippen LogP contribution in [0, 0.1) is 0 Å². The van der Waals surface area contributed by atoms with Gasteiger partial charge in [-0.3, -0.25) is 4.98 Å². The number of fused-ring (bicyclic) bond motifs is 1. The zero-order chi connectivity index (χ0) is 13.8. The molecule has 2 nitrogen and oxygen atoms in total. The van der Waals surface area contributed by atoms with Gasteiger partial charge in [-0.05, 0) is 37.2 Å². The zero-order valence-electron chi connectivity index (χ0n) is 11.6. The summed E-state index contributed by atoms with van der Waals surface area (Å²) in [6, 6.07) is 14.9. The second-order valence-electron chi connectivity index (χ2n) is 4.82. The Kier molecular flexibility index (Phi) is 4.09. The van der Waals surface area contributed by atoms with E-state index >= 15 is 0 Å². The lowest BCUT2D eigenvalue weighted by Crippen LogP contribution is -2.12. The van der Waals surface area contributed by atoms with Gasteiger partial charge >= 0.3 is 0 Å². The van der Waals surface area contributed by atoms with E-state index in [-0.39, 0.29) is 0 Å². The van der Waals surface area contributed by atoms with Crippen LogP contribution in [0.15, 0.2) is 48.7 Å².